The van der Waals surface area contributed by atoms with Gasteiger partial charge in [-0.05, 0) is 76.1 Å². The number of rotatable bonds is 8. The van der Waals surface area contributed by atoms with E-state index in [2.05, 4.69) is 44.4 Å². The average molecular weight is 589 g/mol. The van der Waals surface area contributed by atoms with Crippen molar-refractivity contribution in [2.45, 2.75) is 77.5 Å². The Kier molecular flexibility index (Phi) is 10.9. The summed E-state index contributed by atoms with van der Waals surface area (Å²) in [6.07, 6.45) is -12.2. The van der Waals surface area contributed by atoms with Gasteiger partial charge in [0.1, 0.15) is 5.82 Å². The Labute approximate surface area is 236 Å². The van der Waals surface area contributed by atoms with E-state index in [0.29, 0.717) is 49.4 Å². The molecule has 0 bridgehead atoms. The van der Waals surface area contributed by atoms with Crippen molar-refractivity contribution in [3.8, 4) is 11.8 Å². The monoisotopic (exact) mass is 588 g/mol. The molecule has 0 radical (unpaired) electrons. The van der Waals surface area contributed by atoms with Crippen LogP contribution in [0, 0.1) is 17.7 Å². The number of halogens is 7. The van der Waals surface area contributed by atoms with Crippen molar-refractivity contribution in [3.05, 3.63) is 70.5 Å². The summed E-state index contributed by atoms with van der Waals surface area (Å²) in [5.74, 6) is 5.87. The fourth-order valence-corrected chi connectivity index (χ4v) is 4.77. The first-order valence-electron chi connectivity index (χ1n) is 13.3. The summed E-state index contributed by atoms with van der Waals surface area (Å²) in [4.78, 5) is 4.17. The van der Waals surface area contributed by atoms with Gasteiger partial charge in [0.05, 0.1) is 43.0 Å². The van der Waals surface area contributed by atoms with Crippen molar-refractivity contribution in [1.82, 2.24) is 9.80 Å². The molecule has 3 atom stereocenters. The van der Waals surface area contributed by atoms with Crippen LogP contribution in [-0.4, -0.2) is 54.4 Å². The molecule has 1 aliphatic heterocycles. The molecule has 1 unspecified atom stereocenters. The van der Waals surface area contributed by atoms with Gasteiger partial charge in [0.2, 0.25) is 0 Å². The van der Waals surface area contributed by atoms with E-state index in [-0.39, 0.29) is 18.2 Å². The molecule has 0 N–H and O–H groups in total. The lowest BCUT2D eigenvalue weighted by atomic mass is 10.0. The molecule has 11 heteroatoms. The molecule has 4 nitrogen and oxygen atoms in total. The number of alkyl halides is 6. The van der Waals surface area contributed by atoms with E-state index in [0.717, 1.165) is 0 Å². The van der Waals surface area contributed by atoms with E-state index in [1.807, 2.05) is 4.90 Å². The van der Waals surface area contributed by atoms with Crippen LogP contribution in [0.3, 0.4) is 0 Å². The third-order valence-electron chi connectivity index (χ3n) is 6.94. The molecule has 2 aromatic carbocycles. The summed E-state index contributed by atoms with van der Waals surface area (Å²) in [5.41, 5.74) is -2.54. The zero-order valence-electron chi connectivity index (χ0n) is 23.6. The second-order valence-electron chi connectivity index (χ2n) is 10.5. The maximum atomic E-state index is 13.7. The summed E-state index contributed by atoms with van der Waals surface area (Å²) < 4.78 is 106. The van der Waals surface area contributed by atoms with Crippen molar-refractivity contribution in [3.63, 3.8) is 0 Å². The van der Waals surface area contributed by atoms with E-state index < -0.39 is 47.7 Å². The number of ether oxygens (including phenoxy) is 2. The van der Waals surface area contributed by atoms with E-state index in [1.54, 1.807) is 12.1 Å². The largest absolute Gasteiger partial charge is 0.416 e. The quantitative estimate of drug-likeness (QED) is 0.236. The van der Waals surface area contributed by atoms with Crippen molar-refractivity contribution in [1.29, 1.82) is 0 Å². The maximum Gasteiger partial charge on any atom is 0.416 e. The van der Waals surface area contributed by atoms with Gasteiger partial charge in [0, 0.05) is 18.6 Å². The van der Waals surface area contributed by atoms with Crippen LogP contribution in [-0.2, 0) is 21.8 Å². The number of hydrogen-bond acceptors (Lipinski definition) is 4. The normalized spacial score (nSPS) is 19.5. The van der Waals surface area contributed by atoms with Crippen molar-refractivity contribution in [2.24, 2.45) is 0 Å². The van der Waals surface area contributed by atoms with Gasteiger partial charge in [-0.15, -0.1) is 0 Å². The molecule has 1 fully saturated rings. The molecule has 1 saturated heterocycles. The van der Waals surface area contributed by atoms with Gasteiger partial charge < -0.3 is 9.47 Å². The summed E-state index contributed by atoms with van der Waals surface area (Å²) >= 11 is 0. The molecule has 1 aliphatic rings. The minimum atomic E-state index is -4.98. The Morgan fingerprint density at radius 3 is 1.98 bits per heavy atom. The molecule has 0 aromatic heterocycles. The second kappa shape index (κ2) is 13.6. The average Bonchev–Trinajstić information content (AvgIpc) is 2.87. The van der Waals surface area contributed by atoms with Crippen LogP contribution >= 0.6 is 0 Å². The van der Waals surface area contributed by atoms with Crippen LogP contribution in [0.2, 0.25) is 0 Å². The highest BCUT2D eigenvalue weighted by Gasteiger charge is 2.39. The van der Waals surface area contributed by atoms with E-state index in [9.17, 15) is 30.7 Å². The molecule has 0 aliphatic carbocycles. The smallest absolute Gasteiger partial charge is 0.349 e. The Bertz CT molecular complexity index is 1160. The van der Waals surface area contributed by atoms with Crippen LogP contribution in [0.15, 0.2) is 42.5 Å². The molecule has 0 saturated carbocycles. The van der Waals surface area contributed by atoms with Gasteiger partial charge >= 0.3 is 12.4 Å². The fraction of sp³-hybridized carbons (Fsp3) is 0.533. The van der Waals surface area contributed by atoms with Gasteiger partial charge in [-0.2, -0.15) is 26.3 Å². The topological polar surface area (TPSA) is 24.9 Å². The zero-order valence-corrected chi connectivity index (χ0v) is 23.6. The van der Waals surface area contributed by atoms with E-state index >= 15 is 0 Å². The molecule has 226 valence electrons. The second-order valence-corrected chi connectivity index (χ2v) is 10.5. The van der Waals surface area contributed by atoms with Gasteiger partial charge in [-0.25, -0.2) is 4.39 Å². The highest BCUT2D eigenvalue weighted by atomic mass is 19.4. The molecule has 3 rings (SSSR count). The van der Waals surface area contributed by atoms with Crippen molar-refractivity contribution in [2.75, 3.05) is 26.2 Å². The standard InChI is InChI=1S/C30H35F7N2O2/c1-19(2)39(20(3)4)13-7-6-12-38-14-15-40-28(27(38)22-8-10-26(31)11-9-22)41-21(5)23-16-24(29(32,33)34)18-25(17-23)30(35,36)37/h8-11,16-21,27-28H,12-15H2,1-5H3/t21?,27-,28+/m0/s1. The van der Waals surface area contributed by atoms with Crippen molar-refractivity contribution >= 4 is 0 Å². The lowest BCUT2D eigenvalue weighted by molar-refractivity contribution is -0.228. The van der Waals surface area contributed by atoms with Crippen LogP contribution in [0.25, 0.3) is 0 Å². The predicted molar refractivity (Wildman–Crippen MR) is 141 cm³/mol. The van der Waals surface area contributed by atoms with E-state index in [4.69, 9.17) is 9.47 Å². The summed E-state index contributed by atoms with van der Waals surface area (Å²) in [5, 5.41) is 0. The third-order valence-corrected chi connectivity index (χ3v) is 6.94. The number of benzene rings is 2. The highest BCUT2D eigenvalue weighted by Crippen LogP contribution is 2.39. The Hall–Kier alpha value is -2.65. The molecule has 0 spiro atoms. The molecular weight excluding hydrogens is 553 g/mol. The van der Waals surface area contributed by atoms with Gasteiger partial charge in [0.15, 0.2) is 6.29 Å². The number of hydrogen-bond donors (Lipinski definition) is 0. The van der Waals surface area contributed by atoms with Gasteiger partial charge in [-0.3, -0.25) is 9.80 Å². The first kappa shape index (κ1) is 32.9. The van der Waals surface area contributed by atoms with Gasteiger partial charge in [0.25, 0.3) is 0 Å². The Morgan fingerprint density at radius 1 is 0.902 bits per heavy atom. The summed E-state index contributed by atoms with van der Waals surface area (Å²) in [6, 6.07) is 6.94. The molecule has 0 amide bonds. The molecule has 41 heavy (non-hydrogen) atoms. The fourth-order valence-electron chi connectivity index (χ4n) is 4.77. The van der Waals surface area contributed by atoms with Gasteiger partial charge in [-0.1, -0.05) is 24.0 Å². The lowest BCUT2D eigenvalue weighted by Gasteiger charge is -2.41. The SMILES string of the molecule is CC(O[C@H]1OCCN(CC#CCN(C(C)C)C(C)C)[C@H]1c1ccc(F)cc1)c1cc(C(F)(F)F)cc(C(F)(F)F)c1. The third kappa shape index (κ3) is 8.92. The predicted octanol–water partition coefficient (Wildman–Crippen LogP) is 7.46. The number of morpholine rings is 1. The summed E-state index contributed by atoms with van der Waals surface area (Å²) in [6.45, 7) is 11.2. The first-order chi connectivity index (χ1) is 19.1. The minimum Gasteiger partial charge on any atom is -0.349 e. The molecule has 1 heterocycles. The van der Waals surface area contributed by atoms with Crippen LogP contribution in [0.4, 0.5) is 30.7 Å². The Morgan fingerprint density at radius 2 is 1.46 bits per heavy atom. The minimum absolute atomic E-state index is 0.0781. The molecular formula is C30H35F7N2O2. The van der Waals surface area contributed by atoms with E-state index in [1.165, 1.54) is 19.1 Å². The highest BCUT2D eigenvalue weighted by molar-refractivity contribution is 5.35. The molecule has 2 aromatic rings. The first-order valence-corrected chi connectivity index (χ1v) is 13.3. The number of nitrogens with zero attached hydrogens (tertiary/aromatic N) is 2. The lowest BCUT2D eigenvalue weighted by Crippen LogP contribution is -2.47. The van der Waals surface area contributed by atoms with Crippen molar-refractivity contribution < 1.29 is 40.2 Å². The van der Waals surface area contributed by atoms with Crippen LogP contribution in [0.5, 0.6) is 0 Å². The zero-order chi connectivity index (χ0) is 30.5. The van der Waals surface area contributed by atoms with Crippen LogP contribution in [0.1, 0.15) is 69.0 Å². The summed E-state index contributed by atoms with van der Waals surface area (Å²) in [7, 11) is 0. The van der Waals surface area contributed by atoms with Crippen LogP contribution < -0.4 is 0 Å². The maximum absolute atomic E-state index is 13.7. The Balaban J connectivity index is 1.89.